The first-order valence-corrected chi connectivity index (χ1v) is 7.30. The summed E-state index contributed by atoms with van der Waals surface area (Å²) in [6.45, 7) is 1.87. The van der Waals surface area contributed by atoms with Crippen molar-refractivity contribution < 1.29 is 5.11 Å². The van der Waals surface area contributed by atoms with Crippen LogP contribution in [0.5, 0.6) is 0 Å². The molecule has 3 N–H and O–H groups in total. The Bertz CT molecular complexity index is 554. The third kappa shape index (κ3) is 3.30. The monoisotopic (exact) mass is 272 g/mol. The Kier molecular flexibility index (Phi) is 5.39. The largest absolute Gasteiger partial charge is 0.396 e. The van der Waals surface area contributed by atoms with Crippen molar-refractivity contribution in [2.45, 2.75) is 25.8 Å². The molecule has 0 fully saturated rings. The van der Waals surface area contributed by atoms with Crippen LogP contribution in [0, 0.1) is 0 Å². The molecular weight excluding hydrogens is 248 g/mol. The van der Waals surface area contributed by atoms with Crippen LogP contribution >= 0.6 is 0 Å². The number of fused-ring (bicyclic) bond motifs is 1. The van der Waals surface area contributed by atoms with Crippen LogP contribution in [0.15, 0.2) is 36.4 Å². The summed E-state index contributed by atoms with van der Waals surface area (Å²) in [5.41, 5.74) is 8.26. The van der Waals surface area contributed by atoms with Gasteiger partial charge in [-0.25, -0.2) is 0 Å². The van der Waals surface area contributed by atoms with Crippen LogP contribution < -0.4 is 10.6 Å². The Morgan fingerprint density at radius 3 is 2.45 bits per heavy atom. The number of anilines is 1. The fourth-order valence-corrected chi connectivity index (χ4v) is 2.61. The molecule has 0 radical (unpaired) electrons. The van der Waals surface area contributed by atoms with Crippen molar-refractivity contribution in [3.05, 3.63) is 42.0 Å². The maximum atomic E-state index is 8.82. The normalized spacial score (nSPS) is 10.9. The van der Waals surface area contributed by atoms with Gasteiger partial charge in [-0.3, -0.25) is 0 Å². The molecule has 0 bridgehead atoms. The molecule has 0 aromatic heterocycles. The molecule has 0 aliphatic carbocycles. The standard InChI is InChI=1S/C17H24N2O/c1-19(11-5-2-6-12-20)17-10-9-14(13-18)15-7-3-4-8-16(15)17/h3-4,7-10,20H,2,5-6,11-13,18H2,1H3. The highest BCUT2D eigenvalue weighted by Gasteiger charge is 2.08. The van der Waals surface area contributed by atoms with E-state index in [1.165, 1.54) is 22.0 Å². The summed E-state index contributed by atoms with van der Waals surface area (Å²) >= 11 is 0. The third-order valence-corrected chi connectivity index (χ3v) is 3.77. The van der Waals surface area contributed by atoms with Crippen LogP contribution in [-0.4, -0.2) is 25.3 Å². The highest BCUT2D eigenvalue weighted by Crippen LogP contribution is 2.29. The van der Waals surface area contributed by atoms with E-state index in [-0.39, 0.29) is 6.61 Å². The van der Waals surface area contributed by atoms with Crippen LogP contribution in [0.25, 0.3) is 10.8 Å². The number of rotatable bonds is 7. The van der Waals surface area contributed by atoms with Gasteiger partial charge in [0.2, 0.25) is 0 Å². The average Bonchev–Trinajstić information content (AvgIpc) is 2.50. The molecule has 2 aromatic rings. The van der Waals surface area contributed by atoms with Crippen molar-refractivity contribution in [2.24, 2.45) is 5.73 Å². The summed E-state index contributed by atoms with van der Waals surface area (Å²) < 4.78 is 0. The zero-order valence-corrected chi connectivity index (χ0v) is 12.2. The highest BCUT2D eigenvalue weighted by molar-refractivity contribution is 5.96. The maximum absolute atomic E-state index is 8.82. The van der Waals surface area contributed by atoms with E-state index in [1.807, 2.05) is 0 Å². The minimum absolute atomic E-state index is 0.290. The molecule has 2 aromatic carbocycles. The van der Waals surface area contributed by atoms with Crippen LogP contribution in [-0.2, 0) is 6.54 Å². The van der Waals surface area contributed by atoms with Crippen molar-refractivity contribution in [3.8, 4) is 0 Å². The van der Waals surface area contributed by atoms with Gasteiger partial charge in [0.15, 0.2) is 0 Å². The van der Waals surface area contributed by atoms with Crippen LogP contribution in [0.1, 0.15) is 24.8 Å². The van der Waals surface area contributed by atoms with Crippen molar-refractivity contribution in [2.75, 3.05) is 25.1 Å². The Labute approximate surface area is 121 Å². The van der Waals surface area contributed by atoms with E-state index in [0.717, 1.165) is 25.8 Å². The molecular formula is C17H24N2O. The molecule has 0 atom stereocenters. The Morgan fingerprint density at radius 2 is 1.75 bits per heavy atom. The van der Waals surface area contributed by atoms with Crippen LogP contribution in [0.3, 0.4) is 0 Å². The molecule has 0 unspecified atom stereocenters. The van der Waals surface area contributed by atoms with Gasteiger partial charge in [-0.05, 0) is 36.3 Å². The number of nitrogens with zero attached hydrogens (tertiary/aromatic N) is 1. The van der Waals surface area contributed by atoms with E-state index in [0.29, 0.717) is 6.54 Å². The van der Waals surface area contributed by atoms with Crippen molar-refractivity contribution >= 4 is 16.5 Å². The number of hydrogen-bond acceptors (Lipinski definition) is 3. The van der Waals surface area contributed by atoms with Gasteiger partial charge >= 0.3 is 0 Å². The van der Waals surface area contributed by atoms with E-state index in [9.17, 15) is 0 Å². The summed E-state index contributed by atoms with van der Waals surface area (Å²) in [5, 5.41) is 11.3. The summed E-state index contributed by atoms with van der Waals surface area (Å²) in [7, 11) is 2.13. The fraction of sp³-hybridized carbons (Fsp3) is 0.412. The van der Waals surface area contributed by atoms with Gasteiger partial charge in [-0.2, -0.15) is 0 Å². The van der Waals surface area contributed by atoms with Gasteiger partial charge in [-0.1, -0.05) is 30.3 Å². The van der Waals surface area contributed by atoms with E-state index in [2.05, 4.69) is 48.3 Å². The number of aliphatic hydroxyl groups excluding tert-OH is 1. The number of nitrogens with two attached hydrogens (primary N) is 1. The van der Waals surface area contributed by atoms with Gasteiger partial charge in [0, 0.05) is 37.8 Å². The topological polar surface area (TPSA) is 49.5 Å². The number of benzene rings is 2. The molecule has 20 heavy (non-hydrogen) atoms. The van der Waals surface area contributed by atoms with Crippen LogP contribution in [0.2, 0.25) is 0 Å². The first-order chi connectivity index (χ1) is 9.77. The van der Waals surface area contributed by atoms with E-state index < -0.39 is 0 Å². The zero-order valence-electron chi connectivity index (χ0n) is 12.2. The Balaban J connectivity index is 2.21. The molecule has 108 valence electrons. The van der Waals surface area contributed by atoms with Crippen molar-refractivity contribution in [1.82, 2.24) is 0 Å². The number of unbranched alkanes of at least 4 members (excludes halogenated alkanes) is 2. The second-order valence-electron chi connectivity index (χ2n) is 5.20. The summed E-state index contributed by atoms with van der Waals surface area (Å²) in [6, 6.07) is 12.7. The molecule has 3 heteroatoms. The second kappa shape index (κ2) is 7.27. The average molecular weight is 272 g/mol. The van der Waals surface area contributed by atoms with Crippen molar-refractivity contribution in [3.63, 3.8) is 0 Å². The zero-order chi connectivity index (χ0) is 14.4. The lowest BCUT2D eigenvalue weighted by atomic mass is 10.0. The van der Waals surface area contributed by atoms with Gasteiger partial charge in [0.1, 0.15) is 0 Å². The highest BCUT2D eigenvalue weighted by atomic mass is 16.2. The number of hydrogen-bond donors (Lipinski definition) is 2. The molecule has 2 rings (SSSR count). The summed E-state index contributed by atoms with van der Waals surface area (Å²) in [4.78, 5) is 2.29. The second-order valence-corrected chi connectivity index (χ2v) is 5.20. The molecule has 0 saturated carbocycles. The van der Waals surface area contributed by atoms with Gasteiger partial charge in [-0.15, -0.1) is 0 Å². The molecule has 0 aliphatic rings. The SMILES string of the molecule is CN(CCCCCO)c1ccc(CN)c2ccccc12. The maximum Gasteiger partial charge on any atom is 0.0443 e. The minimum Gasteiger partial charge on any atom is -0.396 e. The summed E-state index contributed by atoms with van der Waals surface area (Å²) in [6.07, 6.45) is 3.06. The van der Waals surface area contributed by atoms with E-state index in [1.54, 1.807) is 0 Å². The molecule has 0 saturated heterocycles. The Hall–Kier alpha value is -1.58. The molecule has 3 nitrogen and oxygen atoms in total. The summed E-state index contributed by atoms with van der Waals surface area (Å²) in [5.74, 6) is 0. The van der Waals surface area contributed by atoms with Crippen molar-refractivity contribution in [1.29, 1.82) is 0 Å². The van der Waals surface area contributed by atoms with Gasteiger partial charge in [0.25, 0.3) is 0 Å². The van der Waals surface area contributed by atoms with E-state index in [4.69, 9.17) is 10.8 Å². The first-order valence-electron chi connectivity index (χ1n) is 7.30. The predicted molar refractivity (Wildman–Crippen MR) is 86.0 cm³/mol. The predicted octanol–water partition coefficient (Wildman–Crippen LogP) is 2.90. The van der Waals surface area contributed by atoms with Gasteiger partial charge < -0.3 is 15.7 Å². The smallest absolute Gasteiger partial charge is 0.0443 e. The number of aliphatic hydroxyl groups is 1. The third-order valence-electron chi connectivity index (χ3n) is 3.77. The molecule has 0 aliphatic heterocycles. The van der Waals surface area contributed by atoms with E-state index >= 15 is 0 Å². The molecule has 0 amide bonds. The van der Waals surface area contributed by atoms with Crippen LogP contribution in [0.4, 0.5) is 5.69 Å². The lowest BCUT2D eigenvalue weighted by molar-refractivity contribution is 0.283. The minimum atomic E-state index is 0.290. The Morgan fingerprint density at radius 1 is 1.00 bits per heavy atom. The van der Waals surface area contributed by atoms with Gasteiger partial charge in [0.05, 0.1) is 0 Å². The molecule has 0 heterocycles. The quantitative estimate of drug-likeness (QED) is 0.762. The first kappa shape index (κ1) is 14.8. The molecule has 0 spiro atoms. The lowest BCUT2D eigenvalue weighted by Crippen LogP contribution is -2.19. The fourth-order valence-electron chi connectivity index (χ4n) is 2.61. The lowest BCUT2D eigenvalue weighted by Gasteiger charge is -2.22.